The highest BCUT2D eigenvalue weighted by molar-refractivity contribution is 5.76. The van der Waals surface area contributed by atoms with Crippen molar-refractivity contribution < 1.29 is 4.74 Å². The van der Waals surface area contributed by atoms with E-state index in [0.29, 0.717) is 22.7 Å². The molecule has 0 saturated heterocycles. The monoisotopic (exact) mass is 429 g/mol. The van der Waals surface area contributed by atoms with Crippen molar-refractivity contribution in [2.45, 2.75) is 20.4 Å². The summed E-state index contributed by atoms with van der Waals surface area (Å²) in [5.74, 6) is 1.23. The summed E-state index contributed by atoms with van der Waals surface area (Å²) in [6.07, 6.45) is 1.86. The van der Waals surface area contributed by atoms with Crippen molar-refractivity contribution in [1.82, 2.24) is 23.1 Å². The lowest BCUT2D eigenvalue weighted by Gasteiger charge is -2.10. The molecule has 0 aliphatic rings. The number of nitrogens with zero attached hydrogens (tertiary/aromatic N) is 5. The van der Waals surface area contributed by atoms with Gasteiger partial charge >= 0.3 is 5.69 Å². The summed E-state index contributed by atoms with van der Waals surface area (Å²) in [6, 6.07) is 15.4. The van der Waals surface area contributed by atoms with Gasteiger partial charge in [0, 0.05) is 18.9 Å². The summed E-state index contributed by atoms with van der Waals surface area (Å²) in [4.78, 5) is 31.2. The lowest BCUT2D eigenvalue weighted by molar-refractivity contribution is 0.413. The lowest BCUT2D eigenvalue weighted by atomic mass is 10.1. The number of rotatable bonds is 4. The van der Waals surface area contributed by atoms with Gasteiger partial charge in [-0.25, -0.2) is 4.79 Å². The first kappa shape index (κ1) is 19.9. The third-order valence-corrected chi connectivity index (χ3v) is 5.81. The molecule has 0 radical (unpaired) electrons. The maximum absolute atomic E-state index is 13.5. The number of imidazole rings is 2. The second kappa shape index (κ2) is 7.26. The van der Waals surface area contributed by atoms with Crippen molar-refractivity contribution >= 4 is 16.9 Å². The molecule has 3 heterocycles. The largest absolute Gasteiger partial charge is 0.495 e. The zero-order valence-electron chi connectivity index (χ0n) is 18.4. The smallest absolute Gasteiger partial charge is 0.332 e. The Balaban J connectivity index is 1.79. The van der Waals surface area contributed by atoms with E-state index in [9.17, 15) is 9.59 Å². The third-order valence-electron chi connectivity index (χ3n) is 5.81. The minimum Gasteiger partial charge on any atom is -0.495 e. The van der Waals surface area contributed by atoms with Crippen molar-refractivity contribution in [3.63, 3.8) is 0 Å². The molecule has 3 aromatic heterocycles. The van der Waals surface area contributed by atoms with Gasteiger partial charge in [-0.15, -0.1) is 0 Å². The van der Waals surface area contributed by atoms with Crippen LogP contribution in [0, 0.1) is 13.8 Å². The Morgan fingerprint density at radius 1 is 1.00 bits per heavy atom. The molecule has 0 fully saturated rings. The SMILES string of the molecule is COc1ccccc1-n1c(C)cn2c3c(=O)n(Cc4ccc(C)cc4)c(=O)n(C)c3nc12. The molecule has 5 aromatic rings. The molecular weight excluding hydrogens is 406 g/mol. The Bertz CT molecular complexity index is 1600. The molecule has 0 spiro atoms. The number of methoxy groups -OCH3 is 1. The second-order valence-electron chi connectivity index (χ2n) is 7.95. The summed E-state index contributed by atoms with van der Waals surface area (Å²) in [7, 11) is 3.26. The molecule has 0 N–H and O–H groups in total. The molecular formula is C24H23N5O3. The molecule has 0 bridgehead atoms. The molecule has 32 heavy (non-hydrogen) atoms. The summed E-state index contributed by atoms with van der Waals surface area (Å²) >= 11 is 0. The topological polar surface area (TPSA) is 75.5 Å². The van der Waals surface area contributed by atoms with Gasteiger partial charge in [0.05, 0.1) is 19.3 Å². The second-order valence-corrected chi connectivity index (χ2v) is 7.95. The molecule has 0 atom stereocenters. The number of benzene rings is 2. The van der Waals surface area contributed by atoms with Crippen LogP contribution in [0.2, 0.25) is 0 Å². The van der Waals surface area contributed by atoms with E-state index in [1.807, 2.05) is 73.1 Å². The fourth-order valence-electron chi connectivity index (χ4n) is 4.14. The normalized spacial score (nSPS) is 11.5. The summed E-state index contributed by atoms with van der Waals surface area (Å²) in [6.45, 7) is 4.14. The first-order valence-electron chi connectivity index (χ1n) is 10.3. The molecule has 2 aromatic carbocycles. The van der Waals surface area contributed by atoms with Gasteiger partial charge in [0.15, 0.2) is 11.2 Å². The number of aryl methyl sites for hydroxylation is 3. The van der Waals surface area contributed by atoms with Crippen LogP contribution in [0.3, 0.4) is 0 Å². The van der Waals surface area contributed by atoms with Crippen LogP contribution >= 0.6 is 0 Å². The summed E-state index contributed by atoms with van der Waals surface area (Å²) in [5.41, 5.74) is 3.65. The average Bonchev–Trinajstić information content (AvgIpc) is 3.31. The van der Waals surface area contributed by atoms with Crippen LogP contribution in [0.1, 0.15) is 16.8 Å². The van der Waals surface area contributed by atoms with Gasteiger partial charge in [-0.3, -0.25) is 22.9 Å². The lowest BCUT2D eigenvalue weighted by Crippen LogP contribution is -2.39. The van der Waals surface area contributed by atoms with Crippen LogP contribution in [0.5, 0.6) is 5.75 Å². The van der Waals surface area contributed by atoms with Crippen LogP contribution in [-0.2, 0) is 13.6 Å². The maximum Gasteiger partial charge on any atom is 0.332 e. The number of aromatic nitrogens is 5. The van der Waals surface area contributed by atoms with Crippen molar-refractivity contribution in [1.29, 1.82) is 0 Å². The van der Waals surface area contributed by atoms with Gasteiger partial charge in [0.25, 0.3) is 5.56 Å². The van der Waals surface area contributed by atoms with E-state index in [-0.39, 0.29) is 12.1 Å². The number of hydrogen-bond donors (Lipinski definition) is 0. The summed E-state index contributed by atoms with van der Waals surface area (Å²) in [5, 5.41) is 0. The van der Waals surface area contributed by atoms with Crippen molar-refractivity contribution in [3.05, 3.63) is 92.4 Å². The fourth-order valence-corrected chi connectivity index (χ4v) is 4.14. The van der Waals surface area contributed by atoms with Crippen molar-refractivity contribution in [3.8, 4) is 11.4 Å². The number of hydrogen-bond acceptors (Lipinski definition) is 4. The summed E-state index contributed by atoms with van der Waals surface area (Å²) < 4.78 is 11.9. The molecule has 162 valence electrons. The highest BCUT2D eigenvalue weighted by Gasteiger charge is 2.21. The van der Waals surface area contributed by atoms with Gasteiger partial charge in [0.1, 0.15) is 5.75 Å². The van der Waals surface area contributed by atoms with Crippen LogP contribution in [0.15, 0.2) is 64.3 Å². The first-order valence-corrected chi connectivity index (χ1v) is 10.3. The van der Waals surface area contributed by atoms with E-state index < -0.39 is 5.69 Å². The Labute approximate surface area is 183 Å². The Morgan fingerprint density at radius 3 is 2.44 bits per heavy atom. The maximum atomic E-state index is 13.5. The molecule has 8 nitrogen and oxygen atoms in total. The van der Waals surface area contributed by atoms with Gasteiger partial charge < -0.3 is 4.74 Å². The minimum atomic E-state index is -0.399. The highest BCUT2D eigenvalue weighted by Crippen LogP contribution is 2.27. The first-order chi connectivity index (χ1) is 15.4. The Morgan fingerprint density at radius 2 is 1.72 bits per heavy atom. The standard InChI is InChI=1S/C24H23N5O3/c1-15-9-11-17(12-10-15)14-28-22(30)20-21(26(3)24(28)31)25-23-27(20)13-16(2)29(23)18-7-5-6-8-19(18)32-4/h5-13H,14H2,1-4H3. The zero-order valence-corrected chi connectivity index (χ0v) is 18.4. The molecule has 8 heteroatoms. The third kappa shape index (κ3) is 2.87. The van der Waals surface area contributed by atoms with Gasteiger partial charge in [-0.2, -0.15) is 4.98 Å². The average molecular weight is 429 g/mol. The van der Waals surface area contributed by atoms with Crippen molar-refractivity contribution in [2.75, 3.05) is 7.11 Å². The van der Waals surface area contributed by atoms with E-state index in [1.165, 1.54) is 9.13 Å². The van der Waals surface area contributed by atoms with Gasteiger partial charge in [-0.05, 0) is 31.5 Å². The van der Waals surface area contributed by atoms with Crippen LogP contribution in [0.25, 0.3) is 22.6 Å². The van der Waals surface area contributed by atoms with E-state index in [1.54, 1.807) is 18.6 Å². The van der Waals surface area contributed by atoms with E-state index in [0.717, 1.165) is 22.5 Å². The fraction of sp³-hybridized carbons (Fsp3) is 0.208. The zero-order chi connectivity index (χ0) is 22.6. The predicted molar refractivity (Wildman–Crippen MR) is 123 cm³/mol. The molecule has 0 aliphatic carbocycles. The van der Waals surface area contributed by atoms with Gasteiger partial charge in [0.2, 0.25) is 5.78 Å². The van der Waals surface area contributed by atoms with Crippen LogP contribution < -0.4 is 16.0 Å². The highest BCUT2D eigenvalue weighted by atomic mass is 16.5. The van der Waals surface area contributed by atoms with Crippen LogP contribution in [-0.4, -0.2) is 30.2 Å². The number of para-hydroxylation sites is 2. The number of ether oxygens (including phenoxy) is 1. The van der Waals surface area contributed by atoms with Crippen molar-refractivity contribution in [2.24, 2.45) is 7.05 Å². The minimum absolute atomic E-state index is 0.196. The molecule has 0 amide bonds. The van der Waals surface area contributed by atoms with E-state index in [2.05, 4.69) is 4.98 Å². The molecule has 0 aliphatic heterocycles. The van der Waals surface area contributed by atoms with Gasteiger partial charge in [-0.1, -0.05) is 42.0 Å². The number of fused-ring (bicyclic) bond motifs is 3. The molecule has 0 saturated carbocycles. The van der Waals surface area contributed by atoms with E-state index in [4.69, 9.17) is 4.74 Å². The Kier molecular flexibility index (Phi) is 4.51. The molecule has 5 rings (SSSR count). The molecule has 0 unspecified atom stereocenters. The van der Waals surface area contributed by atoms with E-state index >= 15 is 0 Å². The quantitative estimate of drug-likeness (QED) is 0.440. The van der Waals surface area contributed by atoms with Crippen LogP contribution in [0.4, 0.5) is 0 Å². The Hall–Kier alpha value is -4.07. The predicted octanol–water partition coefficient (Wildman–Crippen LogP) is 2.81.